The molecule has 0 aliphatic rings. The van der Waals surface area contributed by atoms with E-state index in [9.17, 15) is 0 Å². The summed E-state index contributed by atoms with van der Waals surface area (Å²) in [5.41, 5.74) is 1.19. The molecule has 2 heteroatoms. The molecule has 1 rings (SSSR count). The van der Waals surface area contributed by atoms with Crippen LogP contribution in [0.4, 0.5) is 0 Å². The van der Waals surface area contributed by atoms with Gasteiger partial charge in [-0.25, -0.2) is 0 Å². The Bertz CT molecular complexity index is 304. The monoisotopic (exact) mass is 218 g/mol. The van der Waals surface area contributed by atoms with Crippen molar-refractivity contribution in [2.24, 2.45) is 0 Å². The Morgan fingerprint density at radius 3 is 2.31 bits per heavy atom. The fourth-order valence-electron chi connectivity index (χ4n) is 1.17. The van der Waals surface area contributed by atoms with Crippen LogP contribution in [-0.4, -0.2) is 19.8 Å². The predicted molar refractivity (Wildman–Crippen MR) is 66.3 cm³/mol. The average Bonchev–Trinajstić information content (AvgIpc) is 2.34. The standard InChI is InChI=1S/C14H18O2/c1-2-10-15-11-6-7-12-16-13-14-8-4-3-5-9-14/h2-9H,1,10-13H2. The molecule has 0 unspecified atom stereocenters. The van der Waals surface area contributed by atoms with Crippen LogP contribution in [0.3, 0.4) is 0 Å². The van der Waals surface area contributed by atoms with Gasteiger partial charge in [-0.15, -0.1) is 6.58 Å². The second-order valence-electron chi connectivity index (χ2n) is 3.30. The second kappa shape index (κ2) is 8.89. The summed E-state index contributed by atoms with van der Waals surface area (Å²) >= 11 is 0. The number of ether oxygens (including phenoxy) is 2. The maximum atomic E-state index is 5.46. The van der Waals surface area contributed by atoms with E-state index in [1.807, 2.05) is 30.4 Å². The van der Waals surface area contributed by atoms with Crippen molar-refractivity contribution in [3.8, 4) is 0 Å². The van der Waals surface area contributed by atoms with Crippen LogP contribution in [0.25, 0.3) is 0 Å². The first kappa shape index (κ1) is 12.7. The molecule has 0 atom stereocenters. The maximum Gasteiger partial charge on any atom is 0.0721 e. The van der Waals surface area contributed by atoms with Crippen molar-refractivity contribution in [1.29, 1.82) is 0 Å². The highest BCUT2D eigenvalue weighted by atomic mass is 16.5. The van der Waals surface area contributed by atoms with Gasteiger partial charge in [0.15, 0.2) is 0 Å². The molecular weight excluding hydrogens is 200 g/mol. The molecule has 0 aliphatic carbocycles. The fourth-order valence-corrected chi connectivity index (χ4v) is 1.17. The van der Waals surface area contributed by atoms with Gasteiger partial charge in [0.2, 0.25) is 0 Å². The van der Waals surface area contributed by atoms with Crippen molar-refractivity contribution >= 4 is 0 Å². The summed E-state index contributed by atoms with van der Waals surface area (Å²) in [5, 5.41) is 0. The average molecular weight is 218 g/mol. The summed E-state index contributed by atoms with van der Waals surface area (Å²) in [6.07, 6.45) is 5.65. The Kier molecular flexibility index (Phi) is 7.05. The van der Waals surface area contributed by atoms with Gasteiger partial charge in [-0.05, 0) is 5.56 Å². The molecule has 16 heavy (non-hydrogen) atoms. The largest absolute Gasteiger partial charge is 0.373 e. The Balaban J connectivity index is 2.01. The smallest absolute Gasteiger partial charge is 0.0721 e. The summed E-state index contributed by atoms with van der Waals surface area (Å²) < 4.78 is 10.7. The lowest BCUT2D eigenvalue weighted by atomic mass is 10.2. The third kappa shape index (κ3) is 6.17. The number of benzene rings is 1. The minimum atomic E-state index is 0.592. The number of hydrogen-bond donors (Lipinski definition) is 0. The van der Waals surface area contributed by atoms with Gasteiger partial charge in [-0.2, -0.15) is 0 Å². The van der Waals surface area contributed by atoms with E-state index in [0.29, 0.717) is 26.4 Å². The van der Waals surface area contributed by atoms with Crippen molar-refractivity contribution in [3.63, 3.8) is 0 Å². The van der Waals surface area contributed by atoms with Crippen molar-refractivity contribution in [1.82, 2.24) is 0 Å². The van der Waals surface area contributed by atoms with Crippen LogP contribution in [0.2, 0.25) is 0 Å². The third-order valence-corrected chi connectivity index (χ3v) is 1.94. The molecule has 0 amide bonds. The topological polar surface area (TPSA) is 18.5 Å². The van der Waals surface area contributed by atoms with Gasteiger partial charge in [-0.3, -0.25) is 0 Å². The Morgan fingerprint density at radius 2 is 1.62 bits per heavy atom. The van der Waals surface area contributed by atoms with Crippen LogP contribution >= 0.6 is 0 Å². The first-order valence-corrected chi connectivity index (χ1v) is 5.39. The van der Waals surface area contributed by atoms with Gasteiger partial charge in [0, 0.05) is 0 Å². The van der Waals surface area contributed by atoms with Gasteiger partial charge in [0.1, 0.15) is 0 Å². The van der Waals surface area contributed by atoms with Crippen LogP contribution in [0, 0.1) is 0 Å². The molecule has 0 aromatic heterocycles. The van der Waals surface area contributed by atoms with Crippen LogP contribution in [0.15, 0.2) is 55.1 Å². The van der Waals surface area contributed by atoms with Crippen LogP contribution < -0.4 is 0 Å². The summed E-state index contributed by atoms with van der Waals surface area (Å²) in [6, 6.07) is 10.1. The van der Waals surface area contributed by atoms with E-state index < -0.39 is 0 Å². The Morgan fingerprint density at radius 1 is 0.938 bits per heavy atom. The van der Waals surface area contributed by atoms with Gasteiger partial charge in [0.05, 0.1) is 26.4 Å². The molecule has 0 bridgehead atoms. The van der Waals surface area contributed by atoms with E-state index in [0.717, 1.165) is 0 Å². The van der Waals surface area contributed by atoms with Gasteiger partial charge >= 0.3 is 0 Å². The lowest BCUT2D eigenvalue weighted by molar-refractivity contribution is 0.147. The zero-order valence-corrected chi connectivity index (χ0v) is 9.47. The van der Waals surface area contributed by atoms with Crippen molar-refractivity contribution in [2.75, 3.05) is 19.8 Å². The highest BCUT2D eigenvalue weighted by Gasteiger charge is 1.88. The number of hydrogen-bond acceptors (Lipinski definition) is 2. The van der Waals surface area contributed by atoms with Crippen LogP contribution in [0.5, 0.6) is 0 Å². The molecule has 0 saturated carbocycles. The van der Waals surface area contributed by atoms with Crippen molar-refractivity contribution in [2.45, 2.75) is 6.61 Å². The highest BCUT2D eigenvalue weighted by molar-refractivity contribution is 5.13. The van der Waals surface area contributed by atoms with E-state index in [4.69, 9.17) is 9.47 Å². The summed E-state index contributed by atoms with van der Waals surface area (Å²) in [5.74, 6) is 0. The zero-order valence-electron chi connectivity index (χ0n) is 9.47. The van der Waals surface area contributed by atoms with Crippen LogP contribution in [-0.2, 0) is 16.1 Å². The molecule has 0 heterocycles. The molecule has 1 aromatic carbocycles. The van der Waals surface area contributed by atoms with Crippen LogP contribution in [0.1, 0.15) is 5.56 Å². The van der Waals surface area contributed by atoms with E-state index in [1.54, 1.807) is 6.08 Å². The maximum absolute atomic E-state index is 5.46. The Labute approximate surface area is 97.2 Å². The molecule has 0 aliphatic heterocycles. The SMILES string of the molecule is C=CCOCC=CCOCc1ccccc1. The van der Waals surface area contributed by atoms with Crippen molar-refractivity contribution in [3.05, 3.63) is 60.7 Å². The fraction of sp³-hybridized carbons (Fsp3) is 0.286. The molecule has 0 spiro atoms. The lowest BCUT2D eigenvalue weighted by Gasteiger charge is -2.00. The minimum absolute atomic E-state index is 0.592. The number of rotatable bonds is 8. The molecule has 0 radical (unpaired) electrons. The van der Waals surface area contributed by atoms with Crippen molar-refractivity contribution < 1.29 is 9.47 Å². The normalized spacial score (nSPS) is 10.8. The molecule has 2 nitrogen and oxygen atoms in total. The van der Waals surface area contributed by atoms with E-state index in [1.165, 1.54) is 5.56 Å². The molecular formula is C14H18O2. The second-order valence-corrected chi connectivity index (χ2v) is 3.30. The minimum Gasteiger partial charge on any atom is -0.373 e. The summed E-state index contributed by atoms with van der Waals surface area (Å²) in [4.78, 5) is 0. The zero-order chi connectivity index (χ0) is 11.5. The highest BCUT2D eigenvalue weighted by Crippen LogP contribution is 1.99. The summed E-state index contributed by atoms with van der Waals surface area (Å²) in [6.45, 7) is 6.04. The van der Waals surface area contributed by atoms with E-state index in [-0.39, 0.29) is 0 Å². The van der Waals surface area contributed by atoms with Gasteiger partial charge < -0.3 is 9.47 Å². The van der Waals surface area contributed by atoms with Gasteiger partial charge in [0.25, 0.3) is 0 Å². The molecule has 1 aromatic rings. The first-order chi connectivity index (χ1) is 7.93. The van der Waals surface area contributed by atoms with E-state index >= 15 is 0 Å². The molecule has 0 N–H and O–H groups in total. The summed E-state index contributed by atoms with van der Waals surface area (Å²) in [7, 11) is 0. The Hall–Kier alpha value is -1.38. The molecule has 86 valence electrons. The van der Waals surface area contributed by atoms with Gasteiger partial charge in [-0.1, -0.05) is 48.6 Å². The van der Waals surface area contributed by atoms with E-state index in [2.05, 4.69) is 18.7 Å². The first-order valence-electron chi connectivity index (χ1n) is 5.39. The molecule has 0 saturated heterocycles. The predicted octanol–water partition coefficient (Wildman–Crippen LogP) is 2.96. The quantitative estimate of drug-likeness (QED) is 0.493. The lowest BCUT2D eigenvalue weighted by Crippen LogP contribution is -1.94. The third-order valence-electron chi connectivity index (χ3n) is 1.94. The molecule has 0 fully saturated rings.